The van der Waals surface area contributed by atoms with Gasteiger partial charge in [-0.05, 0) is 68.1 Å². The van der Waals surface area contributed by atoms with Crippen molar-refractivity contribution in [1.29, 1.82) is 0 Å². The van der Waals surface area contributed by atoms with Crippen LogP contribution < -0.4 is 20.3 Å². The highest BCUT2D eigenvalue weighted by molar-refractivity contribution is 5.96. The number of benzene rings is 2. The first-order valence-electron chi connectivity index (χ1n) is 11.5. The van der Waals surface area contributed by atoms with Crippen molar-refractivity contribution in [3.63, 3.8) is 0 Å². The second-order valence-electron chi connectivity index (χ2n) is 8.46. The smallest absolute Gasteiger partial charge is 0.319 e. The van der Waals surface area contributed by atoms with E-state index in [0.29, 0.717) is 13.1 Å². The number of fused-ring (bicyclic) bond motifs is 1. The Bertz CT molecular complexity index is 934. The molecule has 2 aromatic carbocycles. The van der Waals surface area contributed by atoms with Gasteiger partial charge < -0.3 is 20.3 Å². The van der Waals surface area contributed by atoms with Crippen molar-refractivity contribution >= 4 is 23.3 Å². The van der Waals surface area contributed by atoms with Gasteiger partial charge in [0.15, 0.2) is 0 Å². The second kappa shape index (κ2) is 10.5. The Kier molecular flexibility index (Phi) is 7.27. The van der Waals surface area contributed by atoms with Crippen LogP contribution in [0.25, 0.3) is 0 Å². The fourth-order valence-corrected chi connectivity index (χ4v) is 4.63. The molecule has 0 aromatic heterocycles. The maximum Gasteiger partial charge on any atom is 0.319 e. The molecular weight excluding hydrogens is 404 g/mol. The highest BCUT2D eigenvalue weighted by Gasteiger charge is 2.29. The molecule has 32 heavy (non-hydrogen) atoms. The Labute approximate surface area is 189 Å². The van der Waals surface area contributed by atoms with Crippen molar-refractivity contribution in [2.24, 2.45) is 0 Å². The van der Waals surface area contributed by atoms with Crippen LogP contribution in [0.2, 0.25) is 0 Å². The largest absolute Gasteiger partial charge is 0.497 e. The fourth-order valence-electron chi connectivity index (χ4n) is 4.63. The minimum absolute atomic E-state index is 0.122. The van der Waals surface area contributed by atoms with Gasteiger partial charge in [0, 0.05) is 30.5 Å². The average molecular weight is 437 g/mol. The van der Waals surface area contributed by atoms with Gasteiger partial charge in [0.05, 0.1) is 13.7 Å². The van der Waals surface area contributed by atoms with E-state index in [0.717, 1.165) is 62.3 Å². The minimum atomic E-state index is -0.216. The summed E-state index contributed by atoms with van der Waals surface area (Å²) in [6.07, 6.45) is 5.09. The highest BCUT2D eigenvalue weighted by Crippen LogP contribution is 2.31. The SMILES string of the molecule is COc1ccc2c(c1)CCCN2C(=O)CN1CCCCC1CNC(=O)Nc1ccccc1. The minimum Gasteiger partial charge on any atom is -0.497 e. The Morgan fingerprint density at radius 2 is 1.91 bits per heavy atom. The number of likely N-dealkylation sites (tertiary alicyclic amines) is 1. The fraction of sp³-hybridized carbons (Fsp3) is 0.440. The molecule has 2 aliphatic heterocycles. The molecule has 1 atom stereocenters. The summed E-state index contributed by atoms with van der Waals surface area (Å²) in [4.78, 5) is 29.7. The van der Waals surface area contributed by atoms with E-state index >= 15 is 0 Å². The second-order valence-corrected chi connectivity index (χ2v) is 8.46. The van der Waals surface area contributed by atoms with Crippen LogP contribution in [0.15, 0.2) is 48.5 Å². The Morgan fingerprint density at radius 1 is 1.06 bits per heavy atom. The maximum atomic E-state index is 13.3. The van der Waals surface area contributed by atoms with Gasteiger partial charge in [0.2, 0.25) is 5.91 Å². The van der Waals surface area contributed by atoms with E-state index in [4.69, 9.17) is 4.74 Å². The van der Waals surface area contributed by atoms with Gasteiger partial charge in [-0.2, -0.15) is 0 Å². The van der Waals surface area contributed by atoms with E-state index in [-0.39, 0.29) is 18.0 Å². The van der Waals surface area contributed by atoms with Crippen LogP contribution in [0, 0.1) is 0 Å². The third kappa shape index (κ3) is 5.40. The molecule has 0 radical (unpaired) electrons. The van der Waals surface area contributed by atoms with Crippen LogP contribution in [0.5, 0.6) is 5.75 Å². The highest BCUT2D eigenvalue weighted by atomic mass is 16.5. The van der Waals surface area contributed by atoms with E-state index in [1.54, 1.807) is 7.11 Å². The van der Waals surface area contributed by atoms with Crippen LogP contribution in [-0.4, -0.2) is 56.2 Å². The van der Waals surface area contributed by atoms with Crippen LogP contribution in [-0.2, 0) is 11.2 Å². The predicted octanol–water partition coefficient (Wildman–Crippen LogP) is 3.65. The molecule has 7 heteroatoms. The number of piperidine rings is 1. The number of anilines is 2. The molecule has 2 aliphatic rings. The number of rotatable bonds is 6. The van der Waals surface area contributed by atoms with Crippen molar-refractivity contribution in [3.05, 3.63) is 54.1 Å². The summed E-state index contributed by atoms with van der Waals surface area (Å²) in [6.45, 7) is 2.52. The molecule has 1 saturated heterocycles. The lowest BCUT2D eigenvalue weighted by molar-refractivity contribution is -0.120. The summed E-state index contributed by atoms with van der Waals surface area (Å²) in [7, 11) is 1.66. The summed E-state index contributed by atoms with van der Waals surface area (Å²) < 4.78 is 5.34. The van der Waals surface area contributed by atoms with Crippen molar-refractivity contribution < 1.29 is 14.3 Å². The zero-order chi connectivity index (χ0) is 22.3. The molecule has 7 nitrogen and oxygen atoms in total. The summed E-state index contributed by atoms with van der Waals surface area (Å²) in [5.74, 6) is 0.950. The van der Waals surface area contributed by atoms with Crippen LogP contribution >= 0.6 is 0 Å². The predicted molar refractivity (Wildman–Crippen MR) is 126 cm³/mol. The lowest BCUT2D eigenvalue weighted by atomic mass is 10.00. The zero-order valence-electron chi connectivity index (χ0n) is 18.7. The normalized spacial score (nSPS) is 18.5. The quantitative estimate of drug-likeness (QED) is 0.725. The summed E-state index contributed by atoms with van der Waals surface area (Å²) in [5, 5.41) is 5.84. The van der Waals surface area contributed by atoms with E-state index in [2.05, 4.69) is 15.5 Å². The first-order valence-corrected chi connectivity index (χ1v) is 11.5. The summed E-state index contributed by atoms with van der Waals surface area (Å²) >= 11 is 0. The van der Waals surface area contributed by atoms with Crippen molar-refractivity contribution in [1.82, 2.24) is 10.2 Å². The average Bonchev–Trinajstić information content (AvgIpc) is 2.83. The standard InChI is InChI=1S/C25H32N4O3/c1-32-22-12-13-23-19(16-22)8-7-15-29(23)24(30)18-28-14-6-5-11-21(28)17-26-25(31)27-20-9-3-2-4-10-20/h2-4,9-10,12-13,16,21H,5-8,11,14-15,17-18H2,1H3,(H2,26,27,31). The first kappa shape index (κ1) is 22.1. The number of urea groups is 1. The third-order valence-corrected chi connectivity index (χ3v) is 6.32. The number of para-hydroxylation sites is 1. The van der Waals surface area contributed by atoms with Gasteiger partial charge >= 0.3 is 6.03 Å². The van der Waals surface area contributed by atoms with Crippen LogP contribution in [0.4, 0.5) is 16.2 Å². The van der Waals surface area contributed by atoms with Crippen LogP contribution in [0.1, 0.15) is 31.2 Å². The first-order chi connectivity index (χ1) is 15.6. The molecule has 2 N–H and O–H groups in total. The number of nitrogens with zero attached hydrogens (tertiary/aromatic N) is 2. The molecule has 3 amide bonds. The third-order valence-electron chi connectivity index (χ3n) is 6.32. The number of carbonyl (C=O) groups excluding carboxylic acids is 2. The molecule has 2 heterocycles. The molecule has 0 spiro atoms. The number of methoxy groups -OCH3 is 1. The number of amides is 3. The lowest BCUT2D eigenvalue weighted by Crippen LogP contribution is -2.51. The number of hydrogen-bond acceptors (Lipinski definition) is 4. The van der Waals surface area contributed by atoms with E-state index < -0.39 is 0 Å². The monoisotopic (exact) mass is 436 g/mol. The van der Waals surface area contributed by atoms with Gasteiger partial charge in [-0.25, -0.2) is 4.79 Å². The summed E-state index contributed by atoms with van der Waals surface area (Å²) in [6, 6.07) is 15.3. The molecular formula is C25H32N4O3. The molecule has 1 unspecified atom stereocenters. The Hall–Kier alpha value is -3.06. The Morgan fingerprint density at radius 3 is 2.72 bits per heavy atom. The van der Waals surface area contributed by atoms with Crippen molar-refractivity contribution in [3.8, 4) is 5.75 Å². The number of carbonyl (C=O) groups is 2. The number of hydrogen-bond donors (Lipinski definition) is 2. The van der Waals surface area contributed by atoms with Crippen molar-refractivity contribution in [2.75, 3.05) is 43.5 Å². The molecule has 170 valence electrons. The Balaban J connectivity index is 1.35. The molecule has 0 saturated carbocycles. The number of aryl methyl sites for hydroxylation is 1. The lowest BCUT2D eigenvalue weighted by Gasteiger charge is -2.37. The molecule has 0 aliphatic carbocycles. The van der Waals surface area contributed by atoms with Gasteiger partial charge in [0.25, 0.3) is 0 Å². The van der Waals surface area contributed by atoms with Crippen molar-refractivity contribution in [2.45, 2.75) is 38.1 Å². The number of nitrogens with one attached hydrogen (secondary N) is 2. The van der Waals surface area contributed by atoms with E-state index in [1.165, 1.54) is 5.56 Å². The van der Waals surface area contributed by atoms with Gasteiger partial charge in [-0.15, -0.1) is 0 Å². The van der Waals surface area contributed by atoms with Crippen LogP contribution in [0.3, 0.4) is 0 Å². The maximum absolute atomic E-state index is 13.3. The van der Waals surface area contributed by atoms with Gasteiger partial charge in [0.1, 0.15) is 5.75 Å². The van der Waals surface area contributed by atoms with E-state index in [9.17, 15) is 9.59 Å². The number of ether oxygens (including phenoxy) is 1. The topological polar surface area (TPSA) is 73.9 Å². The zero-order valence-corrected chi connectivity index (χ0v) is 18.7. The van der Waals surface area contributed by atoms with Gasteiger partial charge in [-0.3, -0.25) is 9.69 Å². The molecule has 4 rings (SSSR count). The summed E-state index contributed by atoms with van der Waals surface area (Å²) in [5.41, 5.74) is 2.93. The van der Waals surface area contributed by atoms with E-state index in [1.807, 2.05) is 53.4 Å². The van der Waals surface area contributed by atoms with Gasteiger partial charge in [-0.1, -0.05) is 24.6 Å². The molecule has 0 bridgehead atoms. The molecule has 2 aromatic rings. The molecule has 1 fully saturated rings.